The lowest BCUT2D eigenvalue weighted by Gasteiger charge is -1.98. The van der Waals surface area contributed by atoms with E-state index in [0.717, 1.165) is 6.07 Å². The van der Waals surface area contributed by atoms with Crippen molar-refractivity contribution in [3.8, 4) is 0 Å². The standard InChI is InChI=1S/C12H9N5O5/c18-10-5-9(14-12(20)15-10)11(19)16-13-6-7-1-3-8(4-2-7)17(21)22/h1-6H,(H,16,19)(H2,14,15,18,20). The van der Waals surface area contributed by atoms with Crippen LogP contribution >= 0.6 is 0 Å². The molecule has 10 nitrogen and oxygen atoms in total. The second-order valence-electron chi connectivity index (χ2n) is 4.05. The van der Waals surface area contributed by atoms with Gasteiger partial charge in [-0.1, -0.05) is 0 Å². The van der Waals surface area contributed by atoms with Crippen molar-refractivity contribution >= 4 is 17.8 Å². The lowest BCUT2D eigenvalue weighted by molar-refractivity contribution is -0.384. The Balaban J connectivity index is 2.05. The Morgan fingerprint density at radius 2 is 1.91 bits per heavy atom. The number of nitrogens with zero attached hydrogens (tertiary/aromatic N) is 2. The van der Waals surface area contributed by atoms with Crippen LogP contribution in [0.4, 0.5) is 5.69 Å². The number of aromatic nitrogens is 2. The SMILES string of the molecule is O=C(NN=Cc1ccc([N+](=O)[O-])cc1)c1cc(=O)[nH]c(=O)[nH]1. The molecule has 0 aliphatic heterocycles. The maximum absolute atomic E-state index is 11.6. The van der Waals surface area contributed by atoms with Crippen LogP contribution in [0.25, 0.3) is 0 Å². The fourth-order valence-corrected chi connectivity index (χ4v) is 1.50. The number of carbonyl (C=O) groups is 1. The second-order valence-corrected chi connectivity index (χ2v) is 4.05. The molecule has 0 unspecified atom stereocenters. The fraction of sp³-hybridized carbons (Fsp3) is 0. The maximum Gasteiger partial charge on any atom is 0.326 e. The number of benzene rings is 1. The molecule has 0 fully saturated rings. The number of aromatic amines is 2. The number of non-ortho nitro benzene ring substituents is 1. The van der Waals surface area contributed by atoms with Gasteiger partial charge in [-0.25, -0.2) is 10.2 Å². The molecular weight excluding hydrogens is 294 g/mol. The van der Waals surface area contributed by atoms with Crippen LogP contribution < -0.4 is 16.7 Å². The Morgan fingerprint density at radius 3 is 2.50 bits per heavy atom. The van der Waals surface area contributed by atoms with Gasteiger partial charge in [0, 0.05) is 18.2 Å². The minimum atomic E-state index is -0.808. The zero-order valence-corrected chi connectivity index (χ0v) is 10.9. The van der Waals surface area contributed by atoms with Gasteiger partial charge in [-0.3, -0.25) is 24.7 Å². The highest BCUT2D eigenvalue weighted by Crippen LogP contribution is 2.10. The zero-order chi connectivity index (χ0) is 16.1. The predicted molar refractivity (Wildman–Crippen MR) is 75.8 cm³/mol. The van der Waals surface area contributed by atoms with Gasteiger partial charge in [-0.05, 0) is 17.7 Å². The molecule has 0 spiro atoms. The molecule has 10 heteroatoms. The Morgan fingerprint density at radius 1 is 1.23 bits per heavy atom. The van der Waals surface area contributed by atoms with Gasteiger partial charge in [0.25, 0.3) is 17.2 Å². The molecule has 0 saturated carbocycles. The molecule has 1 amide bonds. The topological polar surface area (TPSA) is 150 Å². The third-order valence-corrected chi connectivity index (χ3v) is 2.49. The van der Waals surface area contributed by atoms with Gasteiger partial charge in [-0.15, -0.1) is 0 Å². The van der Waals surface area contributed by atoms with E-state index in [9.17, 15) is 24.5 Å². The lowest BCUT2D eigenvalue weighted by atomic mass is 10.2. The molecule has 0 aliphatic rings. The van der Waals surface area contributed by atoms with Crippen LogP contribution in [-0.2, 0) is 0 Å². The zero-order valence-electron chi connectivity index (χ0n) is 10.9. The molecule has 22 heavy (non-hydrogen) atoms. The maximum atomic E-state index is 11.6. The van der Waals surface area contributed by atoms with Gasteiger partial charge in [-0.2, -0.15) is 5.10 Å². The van der Waals surface area contributed by atoms with E-state index in [2.05, 4.69) is 15.5 Å². The van der Waals surface area contributed by atoms with Crippen LogP contribution in [0.1, 0.15) is 16.1 Å². The highest BCUT2D eigenvalue weighted by molar-refractivity contribution is 5.92. The van der Waals surface area contributed by atoms with Crippen molar-refractivity contribution in [2.24, 2.45) is 5.10 Å². The van der Waals surface area contributed by atoms with Crippen LogP contribution in [0, 0.1) is 10.1 Å². The lowest BCUT2D eigenvalue weighted by Crippen LogP contribution is -2.28. The molecule has 0 saturated heterocycles. The van der Waals surface area contributed by atoms with Gasteiger partial charge in [0.2, 0.25) is 0 Å². The van der Waals surface area contributed by atoms with E-state index in [1.165, 1.54) is 30.5 Å². The molecule has 0 aliphatic carbocycles. The Bertz CT molecular complexity index is 821. The van der Waals surface area contributed by atoms with E-state index in [-0.39, 0.29) is 11.4 Å². The molecule has 112 valence electrons. The van der Waals surface area contributed by atoms with Gasteiger partial charge in [0.05, 0.1) is 11.1 Å². The van der Waals surface area contributed by atoms with Gasteiger partial charge >= 0.3 is 5.69 Å². The largest absolute Gasteiger partial charge is 0.326 e. The summed E-state index contributed by atoms with van der Waals surface area (Å²) in [5.41, 5.74) is 0.800. The van der Waals surface area contributed by atoms with Crippen molar-refractivity contribution in [3.63, 3.8) is 0 Å². The number of nitro benzene ring substituents is 1. The first-order valence-electron chi connectivity index (χ1n) is 5.87. The number of hydrogen-bond acceptors (Lipinski definition) is 6. The second kappa shape index (κ2) is 6.26. The summed E-state index contributed by atoms with van der Waals surface area (Å²) in [4.78, 5) is 47.7. The Kier molecular flexibility index (Phi) is 4.22. The van der Waals surface area contributed by atoms with E-state index >= 15 is 0 Å². The first kappa shape index (κ1) is 14.8. The van der Waals surface area contributed by atoms with Crippen molar-refractivity contribution in [2.75, 3.05) is 0 Å². The summed E-state index contributed by atoms with van der Waals surface area (Å²) < 4.78 is 0. The summed E-state index contributed by atoms with van der Waals surface area (Å²) in [6.07, 6.45) is 1.26. The van der Waals surface area contributed by atoms with Crippen molar-refractivity contribution in [1.29, 1.82) is 0 Å². The van der Waals surface area contributed by atoms with E-state index in [1.54, 1.807) is 0 Å². The number of hydrogen-bond donors (Lipinski definition) is 3. The minimum Gasteiger partial charge on any atom is -0.303 e. The van der Waals surface area contributed by atoms with Crippen LogP contribution in [-0.4, -0.2) is 27.0 Å². The summed E-state index contributed by atoms with van der Waals surface area (Å²) in [7, 11) is 0. The molecule has 1 aromatic carbocycles. The summed E-state index contributed by atoms with van der Waals surface area (Å²) in [5, 5.41) is 14.1. The number of nitro groups is 1. The van der Waals surface area contributed by atoms with Gasteiger partial charge in [0.15, 0.2) is 0 Å². The van der Waals surface area contributed by atoms with E-state index < -0.39 is 22.1 Å². The van der Waals surface area contributed by atoms with Gasteiger partial charge < -0.3 is 4.98 Å². The molecule has 1 aromatic heterocycles. The van der Waals surface area contributed by atoms with E-state index in [1.807, 2.05) is 4.98 Å². The molecule has 3 N–H and O–H groups in total. The van der Waals surface area contributed by atoms with E-state index in [4.69, 9.17) is 0 Å². The quantitative estimate of drug-likeness (QED) is 0.403. The smallest absolute Gasteiger partial charge is 0.303 e. The summed E-state index contributed by atoms with van der Waals surface area (Å²) in [5.74, 6) is -0.777. The summed E-state index contributed by atoms with van der Waals surface area (Å²) in [6, 6.07) is 6.39. The molecule has 1 heterocycles. The predicted octanol–water partition coefficient (Wildman–Crippen LogP) is -0.265. The number of amides is 1. The summed E-state index contributed by atoms with van der Waals surface area (Å²) >= 11 is 0. The molecular formula is C12H9N5O5. The molecule has 2 aromatic rings. The average molecular weight is 303 g/mol. The number of hydrazone groups is 1. The number of H-pyrrole nitrogens is 2. The normalized spacial score (nSPS) is 10.5. The van der Waals surface area contributed by atoms with Crippen LogP contribution in [0.5, 0.6) is 0 Å². The van der Waals surface area contributed by atoms with Crippen LogP contribution in [0.3, 0.4) is 0 Å². The monoisotopic (exact) mass is 303 g/mol. The number of nitrogens with one attached hydrogen (secondary N) is 3. The van der Waals surface area contributed by atoms with E-state index in [0.29, 0.717) is 5.56 Å². The van der Waals surface area contributed by atoms with Gasteiger partial charge in [0.1, 0.15) is 5.69 Å². The highest BCUT2D eigenvalue weighted by atomic mass is 16.6. The first-order valence-corrected chi connectivity index (χ1v) is 5.87. The average Bonchev–Trinajstić information content (AvgIpc) is 2.46. The molecule has 2 rings (SSSR count). The number of rotatable bonds is 4. The Labute approximate surface area is 121 Å². The highest BCUT2D eigenvalue weighted by Gasteiger charge is 2.06. The van der Waals surface area contributed by atoms with Crippen molar-refractivity contribution in [1.82, 2.24) is 15.4 Å². The number of carbonyl (C=O) groups excluding carboxylic acids is 1. The molecule has 0 bridgehead atoms. The Hall–Kier alpha value is -3.56. The molecule has 0 radical (unpaired) electrons. The molecule has 0 atom stereocenters. The van der Waals surface area contributed by atoms with Crippen molar-refractivity contribution < 1.29 is 9.72 Å². The van der Waals surface area contributed by atoms with Crippen LogP contribution in [0.15, 0.2) is 45.0 Å². The third kappa shape index (κ3) is 3.72. The van der Waals surface area contributed by atoms with Crippen LogP contribution in [0.2, 0.25) is 0 Å². The first-order chi connectivity index (χ1) is 10.5. The van der Waals surface area contributed by atoms with Crippen molar-refractivity contribution in [3.05, 3.63) is 72.5 Å². The summed E-state index contributed by atoms with van der Waals surface area (Å²) in [6.45, 7) is 0. The fourth-order valence-electron chi connectivity index (χ4n) is 1.50. The minimum absolute atomic E-state index is 0.0673. The third-order valence-electron chi connectivity index (χ3n) is 2.49. The van der Waals surface area contributed by atoms with Crippen molar-refractivity contribution in [2.45, 2.75) is 0 Å².